The molecule has 0 atom stereocenters. The summed E-state index contributed by atoms with van der Waals surface area (Å²) < 4.78 is 65.2. The van der Waals surface area contributed by atoms with Gasteiger partial charge in [0.1, 0.15) is 5.56 Å². The van der Waals surface area contributed by atoms with Crippen molar-refractivity contribution in [1.29, 1.82) is 0 Å². The van der Waals surface area contributed by atoms with Gasteiger partial charge in [-0.15, -0.1) is 6.42 Å². The number of hydrogen-bond donors (Lipinski definition) is 1. The second-order valence-corrected chi connectivity index (χ2v) is 4.17. The zero-order chi connectivity index (χ0) is 15.0. The molecule has 19 heavy (non-hydrogen) atoms. The fourth-order valence-electron chi connectivity index (χ4n) is 1.19. The number of rotatable bonds is 2. The van der Waals surface area contributed by atoms with E-state index in [9.17, 15) is 26.7 Å². The summed E-state index contributed by atoms with van der Waals surface area (Å²) in [5.41, 5.74) is -2.88. The van der Waals surface area contributed by atoms with Gasteiger partial charge in [0.05, 0.1) is 5.54 Å². The Morgan fingerprint density at radius 3 is 1.74 bits per heavy atom. The van der Waals surface area contributed by atoms with Crippen LogP contribution in [0.1, 0.15) is 24.2 Å². The van der Waals surface area contributed by atoms with Gasteiger partial charge in [0.15, 0.2) is 23.3 Å². The van der Waals surface area contributed by atoms with E-state index in [4.69, 9.17) is 6.42 Å². The highest BCUT2D eigenvalue weighted by Crippen LogP contribution is 2.23. The van der Waals surface area contributed by atoms with E-state index < -0.39 is 46.1 Å². The number of terminal acetylenes is 1. The molecule has 0 saturated carbocycles. The third kappa shape index (κ3) is 2.67. The fraction of sp³-hybridized carbons (Fsp3) is 0.250. The minimum atomic E-state index is -2.33. The van der Waals surface area contributed by atoms with Crippen LogP contribution in [0, 0.1) is 41.4 Å². The van der Waals surface area contributed by atoms with Crippen LogP contribution in [0.25, 0.3) is 0 Å². The van der Waals surface area contributed by atoms with Crippen molar-refractivity contribution < 1.29 is 26.7 Å². The summed E-state index contributed by atoms with van der Waals surface area (Å²) >= 11 is 0. The van der Waals surface area contributed by atoms with Crippen molar-refractivity contribution in [3.8, 4) is 12.3 Å². The van der Waals surface area contributed by atoms with E-state index in [1.165, 1.54) is 13.8 Å². The van der Waals surface area contributed by atoms with Gasteiger partial charge < -0.3 is 5.32 Å². The first-order chi connectivity index (χ1) is 8.62. The molecule has 0 aliphatic carbocycles. The van der Waals surface area contributed by atoms with Crippen LogP contribution in [-0.2, 0) is 0 Å². The number of hydrogen-bond acceptors (Lipinski definition) is 1. The Labute approximate surface area is 105 Å². The second kappa shape index (κ2) is 4.88. The first-order valence-corrected chi connectivity index (χ1v) is 4.94. The number of halogens is 5. The van der Waals surface area contributed by atoms with Crippen molar-refractivity contribution in [3.63, 3.8) is 0 Å². The number of nitrogens with one attached hydrogen (secondary N) is 1. The zero-order valence-electron chi connectivity index (χ0n) is 9.88. The molecule has 1 amide bonds. The van der Waals surface area contributed by atoms with E-state index in [-0.39, 0.29) is 0 Å². The van der Waals surface area contributed by atoms with Crippen LogP contribution in [0.4, 0.5) is 22.0 Å². The molecule has 0 spiro atoms. The first-order valence-electron chi connectivity index (χ1n) is 4.94. The molecule has 1 rings (SSSR count). The molecular formula is C12H8F5NO. The molecule has 0 heterocycles. The van der Waals surface area contributed by atoms with Gasteiger partial charge in [0, 0.05) is 0 Å². The van der Waals surface area contributed by atoms with Gasteiger partial charge in [-0.3, -0.25) is 4.79 Å². The van der Waals surface area contributed by atoms with Crippen molar-refractivity contribution >= 4 is 5.91 Å². The van der Waals surface area contributed by atoms with Gasteiger partial charge >= 0.3 is 0 Å². The standard InChI is InChI=1S/C12H8F5NO/c1-4-12(2,3)18-11(19)5-6(13)8(15)10(17)9(16)7(5)14/h1H,2-3H3,(H,18,19). The molecule has 0 bridgehead atoms. The maximum absolute atomic E-state index is 13.3. The highest BCUT2D eigenvalue weighted by molar-refractivity contribution is 5.95. The third-order valence-corrected chi connectivity index (χ3v) is 2.22. The van der Waals surface area contributed by atoms with Gasteiger partial charge in [0.25, 0.3) is 5.91 Å². The Morgan fingerprint density at radius 1 is 1.00 bits per heavy atom. The minimum Gasteiger partial charge on any atom is -0.336 e. The third-order valence-electron chi connectivity index (χ3n) is 2.22. The molecule has 0 aromatic heterocycles. The van der Waals surface area contributed by atoms with Gasteiger partial charge in [-0.1, -0.05) is 5.92 Å². The van der Waals surface area contributed by atoms with Crippen LogP contribution in [0.2, 0.25) is 0 Å². The predicted octanol–water partition coefficient (Wildman–Crippen LogP) is 2.52. The van der Waals surface area contributed by atoms with Crippen molar-refractivity contribution in [2.75, 3.05) is 0 Å². The van der Waals surface area contributed by atoms with Crippen molar-refractivity contribution in [1.82, 2.24) is 5.32 Å². The summed E-state index contributed by atoms with van der Waals surface area (Å²) in [5.74, 6) is -10.5. The van der Waals surface area contributed by atoms with Crippen LogP contribution in [0.3, 0.4) is 0 Å². The Hall–Kier alpha value is -2.10. The summed E-state index contributed by atoms with van der Waals surface area (Å²) in [6, 6.07) is 0. The van der Waals surface area contributed by atoms with E-state index >= 15 is 0 Å². The van der Waals surface area contributed by atoms with E-state index in [0.717, 1.165) is 0 Å². The molecule has 0 unspecified atom stereocenters. The molecule has 102 valence electrons. The summed E-state index contributed by atoms with van der Waals surface area (Å²) in [4.78, 5) is 11.5. The molecule has 7 heteroatoms. The SMILES string of the molecule is C#CC(C)(C)NC(=O)c1c(F)c(F)c(F)c(F)c1F. The van der Waals surface area contributed by atoms with Crippen LogP contribution >= 0.6 is 0 Å². The Bertz CT molecular complexity index is 560. The van der Waals surface area contributed by atoms with Crippen molar-refractivity contribution in [2.24, 2.45) is 0 Å². The highest BCUT2D eigenvalue weighted by Gasteiger charge is 2.31. The van der Waals surface area contributed by atoms with E-state index in [1.807, 2.05) is 5.32 Å². The molecule has 0 aliphatic rings. The molecule has 0 aliphatic heterocycles. The van der Waals surface area contributed by atoms with E-state index in [1.54, 1.807) is 0 Å². The minimum absolute atomic E-state index is 1.31. The normalized spacial score (nSPS) is 11.1. The number of benzene rings is 1. The lowest BCUT2D eigenvalue weighted by molar-refractivity contribution is 0.0918. The van der Waals surface area contributed by atoms with Gasteiger partial charge in [-0.05, 0) is 13.8 Å². The molecule has 0 saturated heterocycles. The van der Waals surface area contributed by atoms with Crippen LogP contribution in [0.5, 0.6) is 0 Å². The first kappa shape index (κ1) is 15.0. The lowest BCUT2D eigenvalue weighted by Crippen LogP contribution is -2.43. The molecule has 0 fully saturated rings. The van der Waals surface area contributed by atoms with Crippen molar-refractivity contribution in [3.05, 3.63) is 34.6 Å². The highest BCUT2D eigenvalue weighted by atomic mass is 19.2. The van der Waals surface area contributed by atoms with Gasteiger partial charge in [-0.25, -0.2) is 22.0 Å². The number of carbonyl (C=O) groups excluding carboxylic acids is 1. The second-order valence-electron chi connectivity index (χ2n) is 4.17. The Morgan fingerprint density at radius 2 is 1.37 bits per heavy atom. The van der Waals surface area contributed by atoms with E-state index in [0.29, 0.717) is 0 Å². The Kier molecular flexibility index (Phi) is 3.84. The van der Waals surface area contributed by atoms with E-state index in [2.05, 4.69) is 5.92 Å². The average Bonchev–Trinajstić information content (AvgIpc) is 2.33. The smallest absolute Gasteiger partial charge is 0.258 e. The quantitative estimate of drug-likeness (QED) is 0.383. The monoisotopic (exact) mass is 277 g/mol. The lowest BCUT2D eigenvalue weighted by atomic mass is 10.1. The Balaban J connectivity index is 3.38. The predicted molar refractivity (Wildman–Crippen MR) is 56.6 cm³/mol. The number of carbonyl (C=O) groups is 1. The molecular weight excluding hydrogens is 269 g/mol. The summed E-state index contributed by atoms with van der Waals surface area (Å²) in [6.45, 7) is 2.63. The van der Waals surface area contributed by atoms with Crippen molar-refractivity contribution in [2.45, 2.75) is 19.4 Å². The van der Waals surface area contributed by atoms with Gasteiger partial charge in [-0.2, -0.15) is 0 Å². The topological polar surface area (TPSA) is 29.1 Å². The van der Waals surface area contributed by atoms with Gasteiger partial charge in [0.2, 0.25) is 5.82 Å². The molecule has 1 aromatic carbocycles. The largest absolute Gasteiger partial charge is 0.336 e. The molecule has 1 N–H and O–H groups in total. The lowest BCUT2D eigenvalue weighted by Gasteiger charge is -2.20. The molecule has 1 aromatic rings. The average molecular weight is 277 g/mol. The molecule has 0 radical (unpaired) electrons. The maximum Gasteiger partial charge on any atom is 0.258 e. The maximum atomic E-state index is 13.3. The van der Waals surface area contributed by atoms with Crippen LogP contribution in [0.15, 0.2) is 0 Å². The zero-order valence-corrected chi connectivity index (χ0v) is 9.88. The van der Waals surface area contributed by atoms with Crippen LogP contribution < -0.4 is 5.32 Å². The fourth-order valence-corrected chi connectivity index (χ4v) is 1.19. The number of amides is 1. The molecule has 2 nitrogen and oxygen atoms in total. The summed E-state index contributed by atoms with van der Waals surface area (Å²) in [5, 5.41) is 1.97. The summed E-state index contributed by atoms with van der Waals surface area (Å²) in [6.07, 6.45) is 5.03. The van der Waals surface area contributed by atoms with Crippen LogP contribution in [-0.4, -0.2) is 11.4 Å². The summed E-state index contributed by atoms with van der Waals surface area (Å²) in [7, 11) is 0.